The van der Waals surface area contributed by atoms with Gasteiger partial charge in [-0.15, -0.1) is 0 Å². The lowest BCUT2D eigenvalue weighted by Gasteiger charge is -2.22. The molecule has 1 N–H and O–H groups in total. The highest BCUT2D eigenvalue weighted by Crippen LogP contribution is 2.22. The van der Waals surface area contributed by atoms with Gasteiger partial charge in [0.2, 0.25) is 0 Å². The van der Waals surface area contributed by atoms with E-state index in [1.165, 1.54) is 6.92 Å². The van der Waals surface area contributed by atoms with E-state index in [0.29, 0.717) is 0 Å². The molecule has 0 saturated carbocycles. The number of rotatable bonds is 4. The van der Waals surface area contributed by atoms with Crippen molar-refractivity contribution in [2.45, 2.75) is 39.3 Å². The number of nitrogens with one attached hydrogen (secondary N) is 1. The van der Waals surface area contributed by atoms with Crippen molar-refractivity contribution in [3.05, 3.63) is 35.4 Å². The zero-order valence-electron chi connectivity index (χ0n) is 14.1. The molecule has 3 amide bonds. The third-order valence-electron chi connectivity index (χ3n) is 3.41. The van der Waals surface area contributed by atoms with Gasteiger partial charge in [-0.3, -0.25) is 19.3 Å². The number of fused-ring (bicyclic) bond motifs is 1. The van der Waals surface area contributed by atoms with Crippen LogP contribution in [0.2, 0.25) is 0 Å². The molecule has 0 aromatic heterocycles. The molecule has 0 bridgehead atoms. The molecule has 128 valence electrons. The Labute approximate surface area is 140 Å². The van der Waals surface area contributed by atoms with Crippen LogP contribution in [0.15, 0.2) is 24.3 Å². The topological polar surface area (TPSA) is 92.8 Å². The maximum atomic E-state index is 12.2. The number of carbonyl (C=O) groups is 4. The van der Waals surface area contributed by atoms with E-state index < -0.39 is 41.9 Å². The first-order valence-corrected chi connectivity index (χ1v) is 7.57. The largest absolute Gasteiger partial charge is 0.444 e. The Morgan fingerprint density at radius 2 is 1.62 bits per heavy atom. The lowest BCUT2D eigenvalue weighted by Crippen LogP contribution is -2.46. The summed E-state index contributed by atoms with van der Waals surface area (Å²) in [6.07, 6.45) is -0.731. The number of benzene rings is 1. The molecule has 2 rings (SSSR count). The smallest absolute Gasteiger partial charge is 0.408 e. The summed E-state index contributed by atoms with van der Waals surface area (Å²) in [6, 6.07) is 5.51. The number of amides is 3. The molecule has 1 aromatic rings. The molecule has 1 heterocycles. The Hall–Kier alpha value is -2.70. The van der Waals surface area contributed by atoms with Crippen LogP contribution in [0, 0.1) is 0 Å². The lowest BCUT2D eigenvalue weighted by atomic mass is 10.1. The van der Waals surface area contributed by atoms with E-state index >= 15 is 0 Å². The minimum atomic E-state index is -0.885. The Morgan fingerprint density at radius 1 is 1.12 bits per heavy atom. The maximum Gasteiger partial charge on any atom is 0.408 e. The van der Waals surface area contributed by atoms with Crippen molar-refractivity contribution in [1.82, 2.24) is 10.2 Å². The summed E-state index contributed by atoms with van der Waals surface area (Å²) in [7, 11) is 0. The number of nitrogens with zero attached hydrogens (tertiary/aromatic N) is 1. The second-order valence-electron chi connectivity index (χ2n) is 6.58. The van der Waals surface area contributed by atoms with Crippen LogP contribution in [0.3, 0.4) is 0 Å². The number of hydrogen-bond acceptors (Lipinski definition) is 5. The molecule has 1 aliphatic heterocycles. The predicted molar refractivity (Wildman–Crippen MR) is 85.6 cm³/mol. The Balaban J connectivity index is 1.99. The van der Waals surface area contributed by atoms with Gasteiger partial charge in [0, 0.05) is 0 Å². The molecule has 7 heteroatoms. The number of Topliss-reactive ketones (excluding diaryl/α,β-unsaturated/α-hetero) is 1. The van der Waals surface area contributed by atoms with Crippen LogP contribution in [-0.4, -0.2) is 46.8 Å². The monoisotopic (exact) mass is 332 g/mol. The van der Waals surface area contributed by atoms with Crippen LogP contribution in [-0.2, 0) is 9.53 Å². The molecule has 0 fully saturated rings. The maximum absolute atomic E-state index is 12.2. The zero-order chi connectivity index (χ0) is 18.1. The van der Waals surface area contributed by atoms with Gasteiger partial charge in [-0.2, -0.15) is 0 Å². The summed E-state index contributed by atoms with van der Waals surface area (Å²) < 4.78 is 5.07. The van der Waals surface area contributed by atoms with E-state index in [0.717, 1.165) is 4.90 Å². The summed E-state index contributed by atoms with van der Waals surface area (Å²) >= 11 is 0. The predicted octanol–water partition coefficient (Wildman–Crippen LogP) is 1.76. The fraction of sp³-hybridized carbons (Fsp3) is 0.412. The van der Waals surface area contributed by atoms with Crippen LogP contribution in [0.1, 0.15) is 48.4 Å². The molecule has 1 unspecified atom stereocenters. The number of ether oxygens (including phenoxy) is 1. The van der Waals surface area contributed by atoms with E-state index in [9.17, 15) is 19.2 Å². The second-order valence-corrected chi connectivity index (χ2v) is 6.58. The summed E-state index contributed by atoms with van der Waals surface area (Å²) in [6.45, 7) is 6.20. The van der Waals surface area contributed by atoms with Crippen LogP contribution >= 0.6 is 0 Å². The van der Waals surface area contributed by atoms with E-state index in [1.54, 1.807) is 45.0 Å². The van der Waals surface area contributed by atoms with Gasteiger partial charge in [-0.1, -0.05) is 12.1 Å². The van der Waals surface area contributed by atoms with E-state index in [2.05, 4.69) is 5.32 Å². The average molecular weight is 332 g/mol. The third-order valence-corrected chi connectivity index (χ3v) is 3.41. The first-order chi connectivity index (χ1) is 11.1. The van der Waals surface area contributed by atoms with E-state index in [1.807, 2.05) is 0 Å². The SMILES string of the molecule is CC(NC(=O)OC(C)(C)C)C(=O)CN1C(=O)c2ccccc2C1=O. The second kappa shape index (κ2) is 6.43. The van der Waals surface area contributed by atoms with Crippen molar-refractivity contribution >= 4 is 23.7 Å². The van der Waals surface area contributed by atoms with Gasteiger partial charge < -0.3 is 10.1 Å². The van der Waals surface area contributed by atoms with Crippen molar-refractivity contribution in [2.24, 2.45) is 0 Å². The van der Waals surface area contributed by atoms with Gasteiger partial charge in [0.25, 0.3) is 11.8 Å². The first kappa shape index (κ1) is 17.7. The highest BCUT2D eigenvalue weighted by molar-refractivity contribution is 6.22. The molecule has 0 aliphatic carbocycles. The van der Waals surface area contributed by atoms with Crippen molar-refractivity contribution in [3.8, 4) is 0 Å². The normalized spacial score (nSPS) is 15.1. The Morgan fingerprint density at radius 3 is 2.08 bits per heavy atom. The molecule has 1 atom stereocenters. The van der Waals surface area contributed by atoms with Gasteiger partial charge in [0.05, 0.1) is 23.7 Å². The van der Waals surface area contributed by atoms with Gasteiger partial charge in [0.1, 0.15) is 5.60 Å². The van der Waals surface area contributed by atoms with Crippen molar-refractivity contribution < 1.29 is 23.9 Å². The minimum Gasteiger partial charge on any atom is -0.444 e. The zero-order valence-corrected chi connectivity index (χ0v) is 14.1. The van der Waals surface area contributed by atoms with Gasteiger partial charge >= 0.3 is 6.09 Å². The summed E-state index contributed by atoms with van der Waals surface area (Å²) in [4.78, 5) is 49.2. The van der Waals surface area contributed by atoms with Crippen LogP contribution in [0.4, 0.5) is 4.79 Å². The van der Waals surface area contributed by atoms with E-state index in [4.69, 9.17) is 4.74 Å². The summed E-state index contributed by atoms with van der Waals surface area (Å²) in [5.41, 5.74) is -0.124. The summed E-state index contributed by atoms with van der Waals surface area (Å²) in [5, 5.41) is 2.40. The molecule has 7 nitrogen and oxygen atoms in total. The summed E-state index contributed by atoms with van der Waals surface area (Å²) in [5.74, 6) is -1.47. The Bertz CT molecular complexity index is 670. The minimum absolute atomic E-state index is 0.281. The van der Waals surface area contributed by atoms with Gasteiger partial charge in [0.15, 0.2) is 5.78 Å². The third kappa shape index (κ3) is 3.79. The number of ketones is 1. The molecule has 0 saturated heterocycles. The van der Waals surface area contributed by atoms with Crippen molar-refractivity contribution in [3.63, 3.8) is 0 Å². The highest BCUT2D eigenvalue weighted by atomic mass is 16.6. The molecule has 1 aromatic carbocycles. The highest BCUT2D eigenvalue weighted by Gasteiger charge is 2.37. The Kier molecular flexibility index (Phi) is 4.73. The molecule has 24 heavy (non-hydrogen) atoms. The van der Waals surface area contributed by atoms with Crippen molar-refractivity contribution in [1.29, 1.82) is 0 Å². The average Bonchev–Trinajstić information content (AvgIpc) is 2.70. The number of alkyl carbamates (subject to hydrolysis) is 1. The van der Waals surface area contributed by atoms with Crippen LogP contribution in [0.5, 0.6) is 0 Å². The standard InChI is InChI=1S/C17H20N2O5/c1-10(18-16(23)24-17(2,3)4)13(20)9-19-14(21)11-7-5-6-8-12(11)15(19)22/h5-8,10H,9H2,1-4H3,(H,18,23). The molecule has 0 radical (unpaired) electrons. The van der Waals surface area contributed by atoms with Gasteiger partial charge in [-0.25, -0.2) is 4.79 Å². The molecule has 1 aliphatic rings. The lowest BCUT2D eigenvalue weighted by molar-refractivity contribution is -0.121. The molecule has 0 spiro atoms. The fourth-order valence-corrected chi connectivity index (χ4v) is 2.24. The van der Waals surface area contributed by atoms with Crippen LogP contribution in [0.25, 0.3) is 0 Å². The van der Waals surface area contributed by atoms with Gasteiger partial charge in [-0.05, 0) is 39.8 Å². The van der Waals surface area contributed by atoms with E-state index in [-0.39, 0.29) is 11.1 Å². The van der Waals surface area contributed by atoms with Crippen molar-refractivity contribution in [2.75, 3.05) is 6.54 Å². The van der Waals surface area contributed by atoms with Crippen LogP contribution < -0.4 is 5.32 Å². The molecular weight excluding hydrogens is 312 g/mol. The number of carbonyl (C=O) groups excluding carboxylic acids is 4. The fourth-order valence-electron chi connectivity index (χ4n) is 2.24. The first-order valence-electron chi connectivity index (χ1n) is 7.57. The molecular formula is C17H20N2O5. The number of imide groups is 1. The number of hydrogen-bond donors (Lipinski definition) is 1. The quantitative estimate of drug-likeness (QED) is 0.848.